The van der Waals surface area contributed by atoms with Crippen molar-refractivity contribution in [2.75, 3.05) is 23.8 Å². The molecule has 3 heterocycles. The fraction of sp³-hybridized carbons (Fsp3) is 0.478. The number of rotatable bonds is 6. The van der Waals surface area contributed by atoms with Gasteiger partial charge >= 0.3 is 0 Å². The summed E-state index contributed by atoms with van der Waals surface area (Å²) in [5, 5.41) is 6.73. The number of hydrogen-bond acceptors (Lipinski definition) is 7. The monoisotopic (exact) mass is 487 g/mol. The SMILES string of the molecule is NC(=O)C1CCC(n2c(Nc3c(F)cccc3Cl)nc3cnc(NC4CCOCC4)nc32)CC1. The number of primary amides is 1. The fourth-order valence-corrected chi connectivity index (χ4v) is 4.98. The van der Waals surface area contributed by atoms with Gasteiger partial charge in [0.1, 0.15) is 11.3 Å². The molecule has 1 aromatic carbocycles. The normalized spacial score (nSPS) is 21.5. The fourth-order valence-electron chi connectivity index (χ4n) is 4.77. The molecule has 2 aromatic heterocycles. The molecule has 2 aliphatic rings. The minimum atomic E-state index is -0.475. The van der Waals surface area contributed by atoms with Gasteiger partial charge in [0.25, 0.3) is 0 Å². The van der Waals surface area contributed by atoms with E-state index in [1.54, 1.807) is 18.3 Å². The largest absolute Gasteiger partial charge is 0.381 e. The molecule has 3 aromatic rings. The van der Waals surface area contributed by atoms with Crippen LogP contribution in [0.1, 0.15) is 44.6 Å². The number of para-hydroxylation sites is 1. The van der Waals surface area contributed by atoms with Crippen LogP contribution >= 0.6 is 11.6 Å². The average molecular weight is 488 g/mol. The molecule has 1 saturated heterocycles. The van der Waals surface area contributed by atoms with Crippen LogP contribution < -0.4 is 16.4 Å². The number of benzene rings is 1. The van der Waals surface area contributed by atoms with Crippen molar-refractivity contribution in [2.24, 2.45) is 11.7 Å². The van der Waals surface area contributed by atoms with Crippen LogP contribution in [-0.4, -0.2) is 44.7 Å². The number of nitrogens with two attached hydrogens (primary N) is 1. The third-order valence-corrected chi connectivity index (χ3v) is 6.97. The lowest BCUT2D eigenvalue weighted by atomic mass is 9.85. The third kappa shape index (κ3) is 4.65. The van der Waals surface area contributed by atoms with E-state index in [0.717, 1.165) is 25.7 Å². The lowest BCUT2D eigenvalue weighted by Gasteiger charge is -2.29. The van der Waals surface area contributed by atoms with Gasteiger partial charge in [0, 0.05) is 31.2 Å². The zero-order valence-corrected chi connectivity index (χ0v) is 19.4. The molecule has 1 amide bonds. The van der Waals surface area contributed by atoms with Crippen LogP contribution in [0, 0.1) is 11.7 Å². The summed E-state index contributed by atoms with van der Waals surface area (Å²) >= 11 is 6.26. The van der Waals surface area contributed by atoms with Crippen LogP contribution in [0.25, 0.3) is 11.2 Å². The summed E-state index contributed by atoms with van der Waals surface area (Å²) in [6.07, 6.45) is 6.25. The molecule has 4 N–H and O–H groups in total. The maximum absolute atomic E-state index is 14.5. The zero-order chi connectivity index (χ0) is 23.7. The van der Waals surface area contributed by atoms with Crippen LogP contribution in [0.3, 0.4) is 0 Å². The first-order valence-corrected chi connectivity index (χ1v) is 12.0. The number of fused-ring (bicyclic) bond motifs is 1. The Hall–Kier alpha value is -2.98. The van der Waals surface area contributed by atoms with Crippen LogP contribution in [0.15, 0.2) is 24.4 Å². The number of nitrogens with zero attached hydrogens (tertiary/aromatic N) is 4. The number of nitrogens with one attached hydrogen (secondary N) is 2. The second kappa shape index (κ2) is 9.71. The lowest BCUT2D eigenvalue weighted by Crippen LogP contribution is -2.29. The second-order valence-corrected chi connectivity index (χ2v) is 9.28. The van der Waals surface area contributed by atoms with Crippen molar-refractivity contribution in [3.8, 4) is 0 Å². The van der Waals surface area contributed by atoms with E-state index in [0.29, 0.717) is 49.1 Å². The molecule has 1 aliphatic heterocycles. The highest BCUT2D eigenvalue weighted by Gasteiger charge is 2.29. The van der Waals surface area contributed by atoms with E-state index < -0.39 is 5.82 Å². The zero-order valence-electron chi connectivity index (χ0n) is 18.6. The van der Waals surface area contributed by atoms with Crippen LogP contribution in [0.4, 0.5) is 22.0 Å². The van der Waals surface area contributed by atoms with E-state index in [2.05, 4.69) is 20.6 Å². The summed E-state index contributed by atoms with van der Waals surface area (Å²) < 4.78 is 22.0. The third-order valence-electron chi connectivity index (χ3n) is 6.65. The molecule has 0 radical (unpaired) electrons. The summed E-state index contributed by atoms with van der Waals surface area (Å²) in [5.41, 5.74) is 6.91. The van der Waals surface area contributed by atoms with Crippen molar-refractivity contribution in [3.05, 3.63) is 35.2 Å². The van der Waals surface area contributed by atoms with Crippen molar-refractivity contribution in [3.63, 3.8) is 0 Å². The van der Waals surface area contributed by atoms with E-state index >= 15 is 0 Å². The van der Waals surface area contributed by atoms with Crippen molar-refractivity contribution in [1.29, 1.82) is 0 Å². The predicted molar refractivity (Wildman–Crippen MR) is 128 cm³/mol. The Morgan fingerprint density at radius 2 is 1.91 bits per heavy atom. The Kier molecular flexibility index (Phi) is 6.51. The van der Waals surface area contributed by atoms with Gasteiger partial charge in [-0.2, -0.15) is 4.98 Å². The molecule has 9 nitrogen and oxygen atoms in total. The van der Waals surface area contributed by atoms with Gasteiger partial charge in [0.2, 0.25) is 17.8 Å². The van der Waals surface area contributed by atoms with Crippen molar-refractivity contribution < 1.29 is 13.9 Å². The van der Waals surface area contributed by atoms with Crippen LogP contribution in [-0.2, 0) is 9.53 Å². The number of halogens is 2. The summed E-state index contributed by atoms with van der Waals surface area (Å²) in [4.78, 5) is 25.6. The highest BCUT2D eigenvalue weighted by atomic mass is 35.5. The minimum absolute atomic E-state index is 0.0134. The summed E-state index contributed by atoms with van der Waals surface area (Å²) in [6, 6.07) is 4.77. The molecule has 2 fully saturated rings. The highest BCUT2D eigenvalue weighted by Crippen LogP contribution is 2.38. The molecule has 34 heavy (non-hydrogen) atoms. The van der Waals surface area contributed by atoms with Gasteiger partial charge in [-0.25, -0.2) is 14.4 Å². The van der Waals surface area contributed by atoms with Crippen LogP contribution in [0.5, 0.6) is 0 Å². The maximum atomic E-state index is 14.5. The van der Waals surface area contributed by atoms with E-state index in [4.69, 9.17) is 27.1 Å². The Bertz CT molecular complexity index is 1170. The van der Waals surface area contributed by atoms with E-state index in [1.807, 2.05) is 4.57 Å². The molecule has 180 valence electrons. The molecular weight excluding hydrogens is 461 g/mol. The Balaban J connectivity index is 1.52. The number of imidazole rings is 1. The van der Waals surface area contributed by atoms with Crippen molar-refractivity contribution in [1.82, 2.24) is 19.5 Å². The minimum Gasteiger partial charge on any atom is -0.381 e. The maximum Gasteiger partial charge on any atom is 0.224 e. The summed E-state index contributed by atoms with van der Waals surface area (Å²) in [7, 11) is 0. The summed E-state index contributed by atoms with van der Waals surface area (Å²) in [5.74, 6) is 0.0694. The molecule has 0 unspecified atom stereocenters. The predicted octanol–water partition coefficient (Wildman–Crippen LogP) is 4.17. The van der Waals surface area contributed by atoms with E-state index in [9.17, 15) is 9.18 Å². The highest BCUT2D eigenvalue weighted by molar-refractivity contribution is 6.33. The number of hydrogen-bond donors (Lipinski definition) is 3. The molecule has 1 saturated carbocycles. The molecule has 1 aliphatic carbocycles. The lowest BCUT2D eigenvalue weighted by molar-refractivity contribution is -0.122. The standard InChI is InChI=1S/C23H27ClFN7O2/c24-16-2-1-3-17(25)19(16)30-23-29-18-12-27-22(28-14-8-10-34-11-9-14)31-21(18)32(23)15-6-4-13(5-7-15)20(26)33/h1-3,12-15H,4-11H2,(H2,26,33)(H,29,30)(H,27,28,31). The Morgan fingerprint density at radius 1 is 1.15 bits per heavy atom. The number of carbonyl (C=O) groups excluding carboxylic acids is 1. The molecular formula is C23H27ClFN7O2. The van der Waals surface area contributed by atoms with Crippen LogP contribution in [0.2, 0.25) is 5.02 Å². The van der Waals surface area contributed by atoms with Crippen molar-refractivity contribution in [2.45, 2.75) is 50.6 Å². The number of carbonyl (C=O) groups is 1. The van der Waals surface area contributed by atoms with Gasteiger partial charge in [-0.3, -0.25) is 9.36 Å². The topological polar surface area (TPSA) is 120 Å². The first-order valence-electron chi connectivity index (χ1n) is 11.6. The molecule has 11 heteroatoms. The average Bonchev–Trinajstić information content (AvgIpc) is 3.19. The first-order chi connectivity index (χ1) is 16.5. The van der Waals surface area contributed by atoms with Gasteiger partial charge in [0.15, 0.2) is 5.65 Å². The van der Waals surface area contributed by atoms with Gasteiger partial charge in [-0.1, -0.05) is 17.7 Å². The molecule has 0 atom stereocenters. The summed E-state index contributed by atoms with van der Waals surface area (Å²) in [6.45, 7) is 1.41. The second-order valence-electron chi connectivity index (χ2n) is 8.87. The Morgan fingerprint density at radius 3 is 2.62 bits per heavy atom. The van der Waals surface area contributed by atoms with Crippen molar-refractivity contribution >= 4 is 46.3 Å². The first kappa shape index (κ1) is 22.8. The molecule has 5 rings (SSSR count). The number of anilines is 3. The van der Waals surface area contributed by atoms with Gasteiger partial charge < -0.3 is 21.1 Å². The van der Waals surface area contributed by atoms with E-state index in [-0.39, 0.29) is 34.6 Å². The van der Waals surface area contributed by atoms with Gasteiger partial charge in [-0.15, -0.1) is 0 Å². The smallest absolute Gasteiger partial charge is 0.224 e. The molecule has 0 spiro atoms. The van der Waals surface area contributed by atoms with Gasteiger partial charge in [0.05, 0.1) is 16.9 Å². The Labute approximate surface area is 201 Å². The number of aromatic nitrogens is 4. The molecule has 0 bridgehead atoms. The van der Waals surface area contributed by atoms with E-state index in [1.165, 1.54) is 6.07 Å². The number of amides is 1. The number of ether oxygens (including phenoxy) is 1. The van der Waals surface area contributed by atoms with Gasteiger partial charge in [-0.05, 0) is 50.7 Å². The quantitative estimate of drug-likeness (QED) is 0.477.